The molecule has 0 radical (unpaired) electrons. The second-order valence-corrected chi connectivity index (χ2v) is 10.2. The molecule has 180 valence electrons. The third kappa shape index (κ3) is 7.94. The van der Waals surface area contributed by atoms with E-state index in [1.54, 1.807) is 58.6 Å². The average Bonchev–Trinajstić information content (AvgIpc) is 2.69. The molecule has 2 rings (SSSR count). The number of amides is 1. The molecule has 0 spiro atoms. The maximum absolute atomic E-state index is 13.2. The third-order valence-corrected chi connectivity index (χ3v) is 4.87. The first-order valence-electron chi connectivity index (χ1n) is 11.0. The molecule has 1 unspecified atom stereocenters. The quantitative estimate of drug-likeness (QED) is 0.360. The van der Waals surface area contributed by atoms with E-state index in [2.05, 4.69) is 10.8 Å². The van der Waals surface area contributed by atoms with Crippen LogP contribution in [0.4, 0.5) is 4.79 Å². The zero-order chi connectivity index (χ0) is 24.0. The van der Waals surface area contributed by atoms with Gasteiger partial charge >= 0.3 is 18.0 Å². The van der Waals surface area contributed by atoms with Gasteiger partial charge in [0.25, 0.3) is 0 Å². The lowest BCUT2D eigenvalue weighted by atomic mass is 9.76. The molecule has 0 aromatic heterocycles. The minimum atomic E-state index is -1.10. The zero-order valence-electron chi connectivity index (χ0n) is 20.0. The summed E-state index contributed by atoms with van der Waals surface area (Å²) in [5.41, 5.74) is 0.0371. The summed E-state index contributed by atoms with van der Waals surface area (Å²) >= 11 is 0. The van der Waals surface area contributed by atoms with E-state index in [1.165, 1.54) is 0 Å². The van der Waals surface area contributed by atoms with E-state index in [-0.39, 0.29) is 6.42 Å². The van der Waals surface area contributed by atoms with Gasteiger partial charge in [-0.1, -0.05) is 24.3 Å². The Balaban J connectivity index is 2.21. The van der Waals surface area contributed by atoms with Gasteiger partial charge in [-0.05, 0) is 54.4 Å². The summed E-state index contributed by atoms with van der Waals surface area (Å²) in [5.74, 6) is -1.06. The summed E-state index contributed by atoms with van der Waals surface area (Å²) < 4.78 is 11.2. The Hall–Kier alpha value is -2.39. The first-order chi connectivity index (χ1) is 14.8. The Morgan fingerprint density at radius 3 is 2.19 bits per heavy atom. The second-order valence-electron chi connectivity index (χ2n) is 10.2. The van der Waals surface area contributed by atoms with Crippen LogP contribution >= 0.6 is 0 Å². The van der Waals surface area contributed by atoms with E-state index in [9.17, 15) is 14.4 Å². The molecule has 9 nitrogen and oxygen atoms in total. The van der Waals surface area contributed by atoms with Gasteiger partial charge in [0.15, 0.2) is 0 Å². The molecule has 1 aliphatic heterocycles. The Morgan fingerprint density at radius 1 is 1.03 bits per heavy atom. The van der Waals surface area contributed by atoms with Crippen LogP contribution in [0.5, 0.6) is 0 Å². The number of hydrogen-bond acceptors (Lipinski definition) is 8. The van der Waals surface area contributed by atoms with Crippen molar-refractivity contribution in [3.8, 4) is 0 Å². The van der Waals surface area contributed by atoms with Crippen molar-refractivity contribution < 1.29 is 28.7 Å². The minimum Gasteiger partial charge on any atom is -0.459 e. The smallest absolute Gasteiger partial charge is 0.428 e. The standard InChI is InChI=1S/C23H37N3O6/c1-21(2,3)30-18(27)17(25-32-20(29)26-14-12-24-13-15-26)16-23(10-8-7-9-11-23)19(28)31-22(4,5)6/h7-10,17,24-25H,11-16H2,1-6H3/t17-,23?/m0/s1. The normalized spacial score (nSPS) is 22.2. The van der Waals surface area contributed by atoms with Crippen LogP contribution in [0, 0.1) is 5.41 Å². The van der Waals surface area contributed by atoms with Crippen LogP contribution in [0.15, 0.2) is 24.3 Å². The van der Waals surface area contributed by atoms with Crippen molar-refractivity contribution >= 4 is 18.0 Å². The molecular formula is C23H37N3O6. The van der Waals surface area contributed by atoms with E-state index < -0.39 is 40.7 Å². The fourth-order valence-corrected chi connectivity index (χ4v) is 3.37. The molecule has 0 saturated carbocycles. The highest BCUT2D eigenvalue weighted by Gasteiger charge is 2.44. The van der Waals surface area contributed by atoms with E-state index in [1.807, 2.05) is 12.2 Å². The molecule has 1 heterocycles. The van der Waals surface area contributed by atoms with Gasteiger partial charge in [-0.3, -0.25) is 9.59 Å². The highest BCUT2D eigenvalue weighted by Crippen LogP contribution is 2.36. The number of nitrogens with one attached hydrogen (secondary N) is 2. The summed E-state index contributed by atoms with van der Waals surface area (Å²) in [6, 6.07) is -1.07. The van der Waals surface area contributed by atoms with Crippen LogP contribution in [0.3, 0.4) is 0 Å². The number of allylic oxidation sites excluding steroid dienone is 3. The van der Waals surface area contributed by atoms with Crippen molar-refractivity contribution in [1.82, 2.24) is 15.7 Å². The number of hydroxylamine groups is 1. The van der Waals surface area contributed by atoms with E-state index in [4.69, 9.17) is 14.3 Å². The summed E-state index contributed by atoms with van der Waals surface area (Å²) in [6.45, 7) is 13.0. The molecule has 2 atom stereocenters. The average molecular weight is 452 g/mol. The van der Waals surface area contributed by atoms with Gasteiger partial charge in [0.05, 0.1) is 5.41 Å². The lowest BCUT2D eigenvalue weighted by Gasteiger charge is -2.35. The molecule has 32 heavy (non-hydrogen) atoms. The largest absolute Gasteiger partial charge is 0.459 e. The van der Waals surface area contributed by atoms with Crippen molar-refractivity contribution in [1.29, 1.82) is 0 Å². The third-order valence-electron chi connectivity index (χ3n) is 4.87. The van der Waals surface area contributed by atoms with Gasteiger partial charge in [-0.25, -0.2) is 4.79 Å². The molecule has 1 saturated heterocycles. The summed E-state index contributed by atoms with van der Waals surface area (Å²) in [4.78, 5) is 45.4. The SMILES string of the molecule is CC(C)(C)OC(=O)[C@H](CC1(C(=O)OC(C)(C)C)C=CC=CC1)NOC(=O)N1CCNCC1. The maximum Gasteiger partial charge on any atom is 0.428 e. The van der Waals surface area contributed by atoms with Gasteiger partial charge < -0.3 is 24.5 Å². The van der Waals surface area contributed by atoms with Crippen LogP contribution in [-0.2, 0) is 23.9 Å². The van der Waals surface area contributed by atoms with Crippen LogP contribution in [0.1, 0.15) is 54.4 Å². The van der Waals surface area contributed by atoms with Crippen molar-refractivity contribution in [3.05, 3.63) is 24.3 Å². The highest BCUT2D eigenvalue weighted by molar-refractivity contribution is 5.83. The number of hydrogen-bond donors (Lipinski definition) is 2. The summed E-state index contributed by atoms with van der Waals surface area (Å²) in [7, 11) is 0. The molecule has 0 aromatic rings. The predicted octanol–water partition coefficient (Wildman–Crippen LogP) is 2.48. The number of esters is 2. The minimum absolute atomic E-state index is 0.00645. The lowest BCUT2D eigenvalue weighted by Crippen LogP contribution is -2.51. The van der Waals surface area contributed by atoms with Crippen LogP contribution < -0.4 is 10.8 Å². The number of ether oxygens (including phenoxy) is 2. The molecule has 1 fully saturated rings. The van der Waals surface area contributed by atoms with Crippen LogP contribution in [-0.4, -0.2) is 66.4 Å². The fourth-order valence-electron chi connectivity index (χ4n) is 3.37. The second kappa shape index (κ2) is 10.5. The Morgan fingerprint density at radius 2 is 1.66 bits per heavy atom. The number of piperazine rings is 1. The highest BCUT2D eigenvalue weighted by atomic mass is 16.7. The van der Waals surface area contributed by atoms with Crippen molar-refractivity contribution in [2.45, 2.75) is 71.6 Å². The van der Waals surface area contributed by atoms with Crippen molar-refractivity contribution in [3.63, 3.8) is 0 Å². The summed E-state index contributed by atoms with van der Waals surface area (Å²) in [5, 5.41) is 3.16. The first kappa shape index (κ1) is 25.9. The topological polar surface area (TPSA) is 106 Å². The molecular weight excluding hydrogens is 414 g/mol. The van der Waals surface area contributed by atoms with Crippen LogP contribution in [0.25, 0.3) is 0 Å². The molecule has 1 aliphatic carbocycles. The van der Waals surface area contributed by atoms with Crippen molar-refractivity contribution in [2.75, 3.05) is 26.2 Å². The fraction of sp³-hybridized carbons (Fsp3) is 0.696. The van der Waals surface area contributed by atoms with Crippen molar-refractivity contribution in [2.24, 2.45) is 5.41 Å². The zero-order valence-corrected chi connectivity index (χ0v) is 20.0. The van der Waals surface area contributed by atoms with Gasteiger partial charge in [-0.15, -0.1) is 5.48 Å². The Labute approximate surface area is 190 Å². The maximum atomic E-state index is 13.2. The number of carbonyl (C=O) groups is 3. The van der Waals surface area contributed by atoms with Gasteiger partial charge in [0.1, 0.15) is 17.2 Å². The van der Waals surface area contributed by atoms with E-state index >= 15 is 0 Å². The lowest BCUT2D eigenvalue weighted by molar-refractivity contribution is -0.168. The Bertz CT molecular complexity index is 744. The van der Waals surface area contributed by atoms with Gasteiger partial charge in [0.2, 0.25) is 0 Å². The first-order valence-corrected chi connectivity index (χ1v) is 11.0. The van der Waals surface area contributed by atoms with E-state index in [0.717, 1.165) is 0 Å². The number of nitrogens with zero attached hydrogens (tertiary/aromatic N) is 1. The molecule has 9 heteroatoms. The van der Waals surface area contributed by atoms with Gasteiger partial charge in [0, 0.05) is 26.2 Å². The molecule has 0 aromatic carbocycles. The molecule has 1 amide bonds. The van der Waals surface area contributed by atoms with E-state index in [0.29, 0.717) is 32.6 Å². The Kier molecular flexibility index (Phi) is 8.47. The predicted molar refractivity (Wildman–Crippen MR) is 119 cm³/mol. The monoisotopic (exact) mass is 451 g/mol. The molecule has 2 aliphatic rings. The van der Waals surface area contributed by atoms with Crippen LogP contribution in [0.2, 0.25) is 0 Å². The summed E-state index contributed by atoms with van der Waals surface area (Å²) in [6.07, 6.45) is 6.96. The molecule has 2 N–H and O–H groups in total. The molecule has 0 bridgehead atoms. The number of rotatable bonds is 6. The van der Waals surface area contributed by atoms with Gasteiger partial charge in [-0.2, -0.15) is 0 Å². The number of carbonyl (C=O) groups excluding carboxylic acids is 3.